The Morgan fingerprint density at radius 1 is 0.970 bits per heavy atom. The van der Waals surface area contributed by atoms with E-state index in [1.165, 1.54) is 0 Å². The first-order chi connectivity index (χ1) is 14.7. The molecule has 33 heavy (non-hydrogen) atoms. The first-order valence-electron chi connectivity index (χ1n) is 12.4. The van der Waals surface area contributed by atoms with Crippen LogP contribution in [0.25, 0.3) is 0 Å². The van der Waals surface area contributed by atoms with Gasteiger partial charge in [-0.2, -0.15) is 0 Å². The molecule has 0 bridgehead atoms. The van der Waals surface area contributed by atoms with Crippen molar-refractivity contribution < 1.29 is 23.2 Å². The summed E-state index contributed by atoms with van der Waals surface area (Å²) in [6.07, 6.45) is 0.760. The third-order valence-electron chi connectivity index (χ3n) is 7.83. The predicted molar refractivity (Wildman–Crippen MR) is 141 cm³/mol. The third-order valence-corrected chi connectivity index (χ3v) is 16.8. The molecule has 8 heteroatoms. The summed E-state index contributed by atoms with van der Waals surface area (Å²) in [7, 11) is -4.01. The largest absolute Gasteiger partial charge is 0.415 e. The fraction of sp³-hybridized carbons (Fsp3) is 0.920. The summed E-state index contributed by atoms with van der Waals surface area (Å²) in [4.78, 5) is 26.5. The normalized spacial score (nSPS) is 21.8. The van der Waals surface area contributed by atoms with Crippen LogP contribution in [0.15, 0.2) is 0 Å². The number of carbonyl (C=O) groups is 2. The van der Waals surface area contributed by atoms with Gasteiger partial charge in [-0.15, -0.1) is 0 Å². The Labute approximate surface area is 205 Å². The number of hydrogen-bond acceptors (Lipinski definition) is 6. The van der Waals surface area contributed by atoms with Crippen molar-refractivity contribution >= 4 is 28.2 Å². The van der Waals surface area contributed by atoms with Crippen molar-refractivity contribution in [2.24, 2.45) is 17.6 Å². The van der Waals surface area contributed by atoms with Gasteiger partial charge in [0.25, 0.3) is 0 Å². The summed E-state index contributed by atoms with van der Waals surface area (Å²) in [6, 6.07) is -0.721. The van der Waals surface area contributed by atoms with E-state index in [1.54, 1.807) is 0 Å². The van der Waals surface area contributed by atoms with Gasteiger partial charge in [0, 0.05) is 12.3 Å². The van der Waals surface area contributed by atoms with E-state index in [1.807, 2.05) is 0 Å². The zero-order valence-corrected chi connectivity index (χ0v) is 25.4. The van der Waals surface area contributed by atoms with Crippen molar-refractivity contribution in [3.05, 3.63) is 0 Å². The fourth-order valence-corrected chi connectivity index (χ4v) is 5.18. The van der Waals surface area contributed by atoms with Crippen LogP contribution in [0.1, 0.15) is 68.2 Å². The molecule has 0 amide bonds. The molecule has 1 fully saturated rings. The highest BCUT2D eigenvalue weighted by molar-refractivity contribution is 6.74. The van der Waals surface area contributed by atoms with Crippen molar-refractivity contribution in [2.45, 2.75) is 116 Å². The molecular weight excluding hydrogens is 450 g/mol. The lowest BCUT2D eigenvalue weighted by Crippen LogP contribution is -2.48. The van der Waals surface area contributed by atoms with Crippen LogP contribution in [0.2, 0.25) is 36.3 Å². The quantitative estimate of drug-likeness (QED) is 0.271. The van der Waals surface area contributed by atoms with Gasteiger partial charge >= 0.3 is 0 Å². The van der Waals surface area contributed by atoms with Crippen molar-refractivity contribution in [1.82, 2.24) is 0 Å². The van der Waals surface area contributed by atoms with E-state index < -0.39 is 34.2 Å². The second-order valence-corrected chi connectivity index (χ2v) is 23.0. The number of ketones is 2. The minimum absolute atomic E-state index is 0.0132. The van der Waals surface area contributed by atoms with E-state index in [4.69, 9.17) is 19.3 Å². The Morgan fingerprint density at radius 2 is 1.42 bits per heavy atom. The van der Waals surface area contributed by atoms with Gasteiger partial charge in [-0.05, 0) is 48.6 Å². The van der Waals surface area contributed by atoms with Crippen LogP contribution in [0, 0.1) is 11.8 Å². The van der Waals surface area contributed by atoms with Gasteiger partial charge in [0.2, 0.25) is 0 Å². The molecule has 1 rings (SSSR count). The highest BCUT2D eigenvalue weighted by Gasteiger charge is 2.56. The first-order valence-corrected chi connectivity index (χ1v) is 18.2. The lowest BCUT2D eigenvalue weighted by Gasteiger charge is -2.37. The van der Waals surface area contributed by atoms with E-state index in [9.17, 15) is 9.59 Å². The minimum atomic E-state index is -2.01. The van der Waals surface area contributed by atoms with Crippen LogP contribution in [0.5, 0.6) is 0 Å². The standard InChI is InChI=1S/C25H51NO5Si2/c1-18(2)13-19(14-21(27)20(26)15-30-32(9,10)23(3,4)5)22(28)25(16-29-25)17-31-33(11,12)24(6,7)8/h18-20H,13-17,26H2,1-12H3/t19?,20-,25-/m0/s1. The zero-order valence-electron chi connectivity index (χ0n) is 23.4. The molecule has 1 unspecified atom stereocenters. The van der Waals surface area contributed by atoms with Crippen LogP contribution in [0.3, 0.4) is 0 Å². The van der Waals surface area contributed by atoms with Gasteiger partial charge in [0.15, 0.2) is 33.8 Å². The summed E-state index contributed by atoms with van der Waals surface area (Å²) < 4.78 is 18.2. The van der Waals surface area contributed by atoms with Crippen LogP contribution in [0.4, 0.5) is 0 Å². The molecule has 194 valence electrons. The Balaban J connectivity index is 2.85. The molecule has 0 aromatic rings. The maximum Gasteiger partial charge on any atom is 0.192 e. The Morgan fingerprint density at radius 3 is 1.82 bits per heavy atom. The number of nitrogens with two attached hydrogens (primary N) is 1. The van der Waals surface area contributed by atoms with Crippen LogP contribution in [-0.2, 0) is 23.2 Å². The van der Waals surface area contributed by atoms with Gasteiger partial charge in [-0.3, -0.25) is 9.59 Å². The molecule has 0 aromatic heterocycles. The van der Waals surface area contributed by atoms with Gasteiger partial charge in [-0.1, -0.05) is 55.4 Å². The fourth-order valence-electron chi connectivity index (χ4n) is 3.12. The van der Waals surface area contributed by atoms with Crippen LogP contribution >= 0.6 is 0 Å². The number of rotatable bonds is 13. The van der Waals surface area contributed by atoms with Crippen LogP contribution in [-0.4, -0.2) is 59.7 Å². The number of ether oxygens (including phenoxy) is 1. The Bertz CT molecular complexity index is 688. The second kappa shape index (κ2) is 10.7. The molecule has 3 atom stereocenters. The molecular formula is C25H51NO5Si2. The number of Topliss-reactive ketones (excluding diaryl/α,β-unsaturated/α-hetero) is 2. The van der Waals surface area contributed by atoms with E-state index in [0.29, 0.717) is 13.0 Å². The monoisotopic (exact) mass is 501 g/mol. The molecule has 1 saturated heterocycles. The molecule has 2 N–H and O–H groups in total. The molecule has 0 saturated carbocycles. The smallest absolute Gasteiger partial charge is 0.192 e. The predicted octanol–water partition coefficient (Wildman–Crippen LogP) is 5.32. The molecule has 0 radical (unpaired) electrons. The van der Waals surface area contributed by atoms with Crippen molar-refractivity contribution in [2.75, 3.05) is 19.8 Å². The molecule has 1 heterocycles. The highest BCUT2D eigenvalue weighted by Crippen LogP contribution is 2.41. The Kier molecular flexibility index (Phi) is 9.94. The molecule has 0 aromatic carbocycles. The molecule has 0 aliphatic carbocycles. The van der Waals surface area contributed by atoms with Crippen LogP contribution < -0.4 is 5.73 Å². The lowest BCUT2D eigenvalue weighted by molar-refractivity contribution is -0.133. The average molecular weight is 502 g/mol. The number of hydrogen-bond donors (Lipinski definition) is 1. The third kappa shape index (κ3) is 8.35. The van der Waals surface area contributed by atoms with E-state index in [2.05, 4.69) is 81.6 Å². The number of carbonyl (C=O) groups excluding carboxylic acids is 2. The summed E-state index contributed by atoms with van der Waals surface area (Å²) in [5.41, 5.74) is 5.32. The van der Waals surface area contributed by atoms with Gasteiger partial charge < -0.3 is 19.3 Å². The van der Waals surface area contributed by atoms with E-state index >= 15 is 0 Å². The first kappa shape index (κ1) is 30.6. The van der Waals surface area contributed by atoms with Gasteiger partial charge in [-0.25, -0.2) is 0 Å². The van der Waals surface area contributed by atoms with E-state index in [0.717, 1.165) is 0 Å². The average Bonchev–Trinajstić information content (AvgIpc) is 3.42. The highest BCUT2D eigenvalue weighted by atomic mass is 28.4. The Hall–Kier alpha value is -0.386. The topological polar surface area (TPSA) is 91.2 Å². The van der Waals surface area contributed by atoms with Gasteiger partial charge in [0.1, 0.15) is 0 Å². The van der Waals surface area contributed by atoms with Crippen molar-refractivity contribution in [1.29, 1.82) is 0 Å². The summed E-state index contributed by atoms with van der Waals surface area (Å²) in [5, 5.41) is 0.0993. The molecule has 1 aliphatic heterocycles. The summed E-state index contributed by atoms with van der Waals surface area (Å²) in [6.45, 7) is 26.6. The number of epoxide rings is 1. The lowest BCUT2D eigenvalue weighted by atomic mass is 9.83. The molecule has 6 nitrogen and oxygen atoms in total. The van der Waals surface area contributed by atoms with Crippen molar-refractivity contribution in [3.63, 3.8) is 0 Å². The SMILES string of the molecule is CC(C)CC(CC(=O)[C@@H](N)CO[Si](C)(C)C(C)(C)C)C(=O)[C@@]1(CO[Si](C)(C)C(C)(C)C)CO1. The maximum absolute atomic E-state index is 13.5. The van der Waals surface area contributed by atoms with Crippen molar-refractivity contribution in [3.8, 4) is 0 Å². The minimum Gasteiger partial charge on any atom is -0.415 e. The maximum atomic E-state index is 13.5. The second-order valence-electron chi connectivity index (χ2n) is 13.4. The summed E-state index contributed by atoms with van der Waals surface area (Å²) in [5.74, 6) is -0.264. The van der Waals surface area contributed by atoms with Gasteiger partial charge in [0.05, 0.1) is 25.9 Å². The molecule has 1 aliphatic rings. The van der Waals surface area contributed by atoms with E-state index in [-0.39, 0.29) is 47.2 Å². The summed E-state index contributed by atoms with van der Waals surface area (Å²) >= 11 is 0. The zero-order chi connectivity index (χ0) is 26.0. The molecule has 0 spiro atoms.